The molecule has 2 heterocycles. The number of hydrogen-bond donors (Lipinski definition) is 0. The Morgan fingerprint density at radius 1 is 0.641 bits per heavy atom. The quantitative estimate of drug-likeness (QED) is 0.213. The maximum atomic E-state index is 6.86. The Balaban J connectivity index is 1.62. The van der Waals surface area contributed by atoms with Gasteiger partial charge in [0, 0.05) is 28.5 Å². The Hall–Kier alpha value is -3.39. The summed E-state index contributed by atoms with van der Waals surface area (Å²) in [5.41, 5.74) is 11.0. The fourth-order valence-electron chi connectivity index (χ4n) is 7.30. The summed E-state index contributed by atoms with van der Waals surface area (Å²) in [7, 11) is 2.10. The second-order valence-corrected chi connectivity index (χ2v) is 13.9. The molecule has 2 heteroatoms. The molecule has 3 aromatic carbocycles. The van der Waals surface area contributed by atoms with Gasteiger partial charge in [-0.3, -0.25) is 0 Å². The van der Waals surface area contributed by atoms with E-state index in [4.69, 9.17) is 4.42 Å². The molecule has 1 aliphatic carbocycles. The smallest absolute Gasteiger partial charge is 0.216 e. The van der Waals surface area contributed by atoms with Crippen LogP contribution in [-0.2, 0) is 17.9 Å². The Morgan fingerprint density at radius 2 is 1.31 bits per heavy atom. The zero-order valence-corrected chi connectivity index (χ0v) is 25.3. The minimum Gasteiger partial charge on any atom is -0.454 e. The summed E-state index contributed by atoms with van der Waals surface area (Å²) < 4.78 is 9.03. The van der Waals surface area contributed by atoms with Crippen LogP contribution in [0.2, 0.25) is 0 Å². The van der Waals surface area contributed by atoms with E-state index in [0.717, 1.165) is 28.0 Å². The third kappa shape index (κ3) is 3.24. The largest absolute Gasteiger partial charge is 0.454 e. The van der Waals surface area contributed by atoms with Crippen LogP contribution < -0.4 is 4.57 Å². The van der Waals surface area contributed by atoms with Crippen molar-refractivity contribution in [2.45, 2.75) is 73.1 Å². The van der Waals surface area contributed by atoms with Gasteiger partial charge in [0.2, 0.25) is 5.69 Å². The summed E-state index contributed by atoms with van der Waals surface area (Å²) >= 11 is 0. The molecule has 0 saturated heterocycles. The predicted molar refractivity (Wildman–Crippen MR) is 164 cm³/mol. The van der Waals surface area contributed by atoms with Gasteiger partial charge in [-0.25, -0.2) is 4.57 Å². The number of hydrogen-bond acceptors (Lipinski definition) is 1. The number of fused-ring (bicyclic) bond motifs is 4. The zero-order valence-electron chi connectivity index (χ0n) is 25.3. The lowest BCUT2D eigenvalue weighted by Gasteiger charge is -2.64. The van der Waals surface area contributed by atoms with Crippen molar-refractivity contribution in [3.8, 4) is 22.4 Å². The monoisotopic (exact) mass is 516 g/mol. The lowest BCUT2D eigenvalue weighted by atomic mass is 9.40. The first-order valence-corrected chi connectivity index (χ1v) is 14.3. The summed E-state index contributed by atoms with van der Waals surface area (Å²) in [6.07, 6.45) is 2.10. The van der Waals surface area contributed by atoms with Gasteiger partial charge in [-0.2, -0.15) is 0 Å². The third-order valence-corrected chi connectivity index (χ3v) is 11.6. The van der Waals surface area contributed by atoms with E-state index in [1.54, 1.807) is 0 Å². The molecule has 2 nitrogen and oxygen atoms in total. The molecule has 0 atom stereocenters. The van der Waals surface area contributed by atoms with Gasteiger partial charge in [0.05, 0.1) is 5.56 Å². The van der Waals surface area contributed by atoms with Gasteiger partial charge in [-0.05, 0) is 56.9 Å². The van der Waals surface area contributed by atoms with Crippen molar-refractivity contribution < 1.29 is 8.98 Å². The Bertz CT molecular complexity index is 1780. The van der Waals surface area contributed by atoms with Crippen LogP contribution in [0.1, 0.15) is 72.1 Å². The fraction of sp³-hybridized carbons (Fsp3) is 0.378. The van der Waals surface area contributed by atoms with Crippen LogP contribution in [0.5, 0.6) is 0 Å². The van der Waals surface area contributed by atoms with Gasteiger partial charge in [0.15, 0.2) is 6.20 Å². The molecule has 0 amide bonds. The number of benzene rings is 3. The minimum absolute atomic E-state index is 0.00543. The molecule has 0 bridgehead atoms. The van der Waals surface area contributed by atoms with E-state index in [1.165, 1.54) is 33.0 Å². The molecule has 2 aromatic heterocycles. The number of rotatable bonds is 2. The Morgan fingerprint density at radius 3 is 2.00 bits per heavy atom. The minimum atomic E-state index is 0.00543. The summed E-state index contributed by atoms with van der Waals surface area (Å²) in [5.74, 6) is 0. The van der Waals surface area contributed by atoms with Crippen LogP contribution in [0.4, 0.5) is 0 Å². The van der Waals surface area contributed by atoms with E-state index in [2.05, 4.69) is 147 Å². The summed E-state index contributed by atoms with van der Waals surface area (Å²) in [4.78, 5) is 0. The molecular weight excluding hydrogens is 474 g/mol. The van der Waals surface area contributed by atoms with Crippen molar-refractivity contribution in [1.82, 2.24) is 0 Å². The number of furan rings is 1. The maximum absolute atomic E-state index is 6.86. The van der Waals surface area contributed by atoms with Gasteiger partial charge in [0.25, 0.3) is 0 Å². The zero-order chi connectivity index (χ0) is 28.1. The molecule has 0 fully saturated rings. The van der Waals surface area contributed by atoms with Crippen LogP contribution in [-0.4, -0.2) is 0 Å². The van der Waals surface area contributed by atoms with Crippen LogP contribution in [0.25, 0.3) is 44.3 Å². The molecule has 1 aliphatic rings. The van der Waals surface area contributed by atoms with Gasteiger partial charge in [-0.15, -0.1) is 0 Å². The summed E-state index contributed by atoms with van der Waals surface area (Å²) in [5, 5.41) is 2.33. The van der Waals surface area contributed by atoms with Crippen molar-refractivity contribution in [3.05, 3.63) is 89.6 Å². The first kappa shape index (κ1) is 25.9. The number of aromatic nitrogens is 1. The third-order valence-electron chi connectivity index (χ3n) is 11.6. The molecule has 0 saturated carbocycles. The van der Waals surface area contributed by atoms with E-state index in [0.29, 0.717) is 0 Å². The second kappa shape index (κ2) is 8.07. The van der Waals surface area contributed by atoms with E-state index >= 15 is 0 Å². The average molecular weight is 517 g/mol. The second-order valence-electron chi connectivity index (χ2n) is 13.9. The van der Waals surface area contributed by atoms with E-state index in [9.17, 15) is 0 Å². The predicted octanol–water partition coefficient (Wildman–Crippen LogP) is 9.67. The van der Waals surface area contributed by atoms with Crippen molar-refractivity contribution in [2.75, 3.05) is 0 Å². The molecular formula is C37H42NO+. The van der Waals surface area contributed by atoms with Crippen LogP contribution in [0, 0.1) is 17.8 Å². The topological polar surface area (TPSA) is 17.0 Å². The lowest BCUT2D eigenvalue weighted by molar-refractivity contribution is -0.660. The number of para-hydroxylation sites is 1. The highest BCUT2D eigenvalue weighted by Crippen LogP contribution is 2.65. The molecule has 5 aromatic rings. The van der Waals surface area contributed by atoms with E-state index in [-0.39, 0.29) is 21.7 Å². The van der Waals surface area contributed by atoms with E-state index < -0.39 is 0 Å². The summed E-state index contributed by atoms with van der Waals surface area (Å²) in [6.45, 7) is 21.7. The SMILES string of the molecule is Cc1ccc2c(oc3c(-c4ccc5c(c4)C(C)(C)C(C)(C)C(C)(C)C5(C)C)cccc32)c1-c1cccc[n+]1C. The fourth-order valence-corrected chi connectivity index (χ4v) is 7.30. The van der Waals surface area contributed by atoms with Crippen LogP contribution >= 0.6 is 0 Å². The Kier molecular flexibility index (Phi) is 5.35. The molecule has 39 heavy (non-hydrogen) atoms. The van der Waals surface area contributed by atoms with E-state index in [1.807, 2.05) is 0 Å². The number of pyridine rings is 1. The highest BCUT2D eigenvalue weighted by atomic mass is 16.3. The molecule has 0 N–H and O–H groups in total. The van der Waals surface area contributed by atoms with Gasteiger partial charge >= 0.3 is 0 Å². The number of nitrogens with zero attached hydrogens (tertiary/aromatic N) is 1. The summed E-state index contributed by atoms with van der Waals surface area (Å²) in [6, 6.07) is 24.5. The van der Waals surface area contributed by atoms with Crippen molar-refractivity contribution >= 4 is 21.9 Å². The maximum Gasteiger partial charge on any atom is 0.216 e. The van der Waals surface area contributed by atoms with Gasteiger partial charge < -0.3 is 4.42 Å². The van der Waals surface area contributed by atoms with Crippen LogP contribution in [0.15, 0.2) is 77.3 Å². The van der Waals surface area contributed by atoms with Gasteiger partial charge in [0.1, 0.15) is 18.2 Å². The highest BCUT2D eigenvalue weighted by Gasteiger charge is 2.60. The van der Waals surface area contributed by atoms with Gasteiger partial charge in [-0.1, -0.05) is 104 Å². The molecule has 0 radical (unpaired) electrons. The Labute approximate surface area is 233 Å². The normalized spacial score (nSPS) is 18.8. The average Bonchev–Trinajstić information content (AvgIpc) is 3.26. The molecule has 0 aliphatic heterocycles. The van der Waals surface area contributed by atoms with Crippen LogP contribution in [0.3, 0.4) is 0 Å². The standard InChI is InChI=1S/C37H42NO/c1-23-17-19-27-26-15-13-14-25(32(26)39-33(27)31(23)30-16-11-12-21-38(30)10)24-18-20-28-29(22-24)35(4,5)37(8,9)36(6,7)34(28,2)3/h11-22H,1-10H3/q+1. The molecule has 6 rings (SSSR count). The molecule has 0 unspecified atom stereocenters. The molecule has 200 valence electrons. The number of aryl methyl sites for hydroxylation is 2. The molecule has 0 spiro atoms. The van der Waals surface area contributed by atoms with Crippen molar-refractivity contribution in [2.24, 2.45) is 17.9 Å². The van der Waals surface area contributed by atoms with Crippen molar-refractivity contribution in [3.63, 3.8) is 0 Å². The highest BCUT2D eigenvalue weighted by molar-refractivity contribution is 6.13. The first-order valence-electron chi connectivity index (χ1n) is 14.3. The first-order chi connectivity index (χ1) is 18.2. The van der Waals surface area contributed by atoms with Crippen molar-refractivity contribution in [1.29, 1.82) is 0 Å². The lowest BCUT2D eigenvalue weighted by Crippen LogP contribution is -2.59.